The van der Waals surface area contributed by atoms with Crippen molar-refractivity contribution in [2.24, 2.45) is 4.99 Å². The van der Waals surface area contributed by atoms with Gasteiger partial charge in [-0.05, 0) is 44.4 Å². The van der Waals surface area contributed by atoms with E-state index in [1.807, 2.05) is 25.1 Å². The normalized spacial score (nSPS) is 14.9. The van der Waals surface area contributed by atoms with Crippen molar-refractivity contribution in [1.29, 1.82) is 0 Å². The first-order chi connectivity index (χ1) is 11.3. The van der Waals surface area contributed by atoms with E-state index >= 15 is 0 Å². The number of nitrogens with one attached hydrogen (secondary N) is 2. The first kappa shape index (κ1) is 20.9. The van der Waals surface area contributed by atoms with Crippen molar-refractivity contribution in [3.05, 3.63) is 23.8 Å². The third kappa shape index (κ3) is 6.37. The van der Waals surface area contributed by atoms with Crippen molar-refractivity contribution >= 4 is 29.9 Å². The Hall–Kier alpha value is -1.18. The molecule has 6 heteroatoms. The molecule has 0 saturated heterocycles. The quantitative estimate of drug-likeness (QED) is 0.380. The highest BCUT2D eigenvalue weighted by Crippen LogP contribution is 2.28. The van der Waals surface area contributed by atoms with Crippen LogP contribution in [0.4, 0.5) is 0 Å². The molecule has 1 saturated carbocycles. The molecule has 0 spiro atoms. The van der Waals surface area contributed by atoms with E-state index < -0.39 is 0 Å². The summed E-state index contributed by atoms with van der Waals surface area (Å²) in [4.78, 5) is 4.70. The third-order valence-electron chi connectivity index (χ3n) is 3.99. The zero-order valence-corrected chi connectivity index (χ0v) is 17.3. The molecule has 0 amide bonds. The maximum Gasteiger partial charge on any atom is 0.191 e. The van der Waals surface area contributed by atoms with E-state index in [0.717, 1.165) is 29.6 Å². The number of methoxy groups -OCH3 is 1. The topological polar surface area (TPSA) is 54.9 Å². The van der Waals surface area contributed by atoms with Crippen LogP contribution in [0.1, 0.15) is 45.1 Å². The van der Waals surface area contributed by atoms with Gasteiger partial charge in [0.05, 0.1) is 20.3 Å². The lowest BCUT2D eigenvalue weighted by molar-refractivity contribution is 0.310. The highest BCUT2D eigenvalue weighted by atomic mass is 127. The second-order valence-electron chi connectivity index (χ2n) is 5.74. The summed E-state index contributed by atoms with van der Waals surface area (Å²) in [6.45, 7) is 6.16. The van der Waals surface area contributed by atoms with Crippen molar-refractivity contribution in [3.8, 4) is 11.5 Å². The molecule has 0 unspecified atom stereocenters. The van der Waals surface area contributed by atoms with E-state index in [-0.39, 0.29) is 24.0 Å². The average Bonchev–Trinajstić information content (AvgIpc) is 3.06. The lowest BCUT2D eigenvalue weighted by Crippen LogP contribution is -2.42. The summed E-state index contributed by atoms with van der Waals surface area (Å²) in [5, 5.41) is 6.86. The van der Waals surface area contributed by atoms with Gasteiger partial charge < -0.3 is 20.1 Å². The van der Waals surface area contributed by atoms with Crippen LogP contribution < -0.4 is 20.1 Å². The van der Waals surface area contributed by atoms with Gasteiger partial charge in [0.25, 0.3) is 0 Å². The van der Waals surface area contributed by atoms with Crippen LogP contribution in [0.5, 0.6) is 11.5 Å². The predicted octanol–water partition coefficient (Wildman–Crippen LogP) is 3.71. The predicted molar refractivity (Wildman–Crippen MR) is 110 cm³/mol. The van der Waals surface area contributed by atoms with E-state index in [0.29, 0.717) is 19.2 Å². The zero-order valence-electron chi connectivity index (χ0n) is 14.9. The van der Waals surface area contributed by atoms with Gasteiger partial charge in [0.15, 0.2) is 17.5 Å². The van der Waals surface area contributed by atoms with Crippen molar-refractivity contribution in [2.45, 2.75) is 52.1 Å². The van der Waals surface area contributed by atoms with Crippen LogP contribution in [0.25, 0.3) is 0 Å². The standard InChI is InChI=1S/C18H29N3O2.HI/c1-4-19-18(21-15-8-6-7-9-15)20-13-14-10-11-16(22-3)17(12-14)23-5-2;/h10-12,15H,4-9,13H2,1-3H3,(H2,19,20,21);1H. The Bertz CT molecular complexity index is 517. The fourth-order valence-corrected chi connectivity index (χ4v) is 2.84. The van der Waals surface area contributed by atoms with Gasteiger partial charge in [-0.3, -0.25) is 0 Å². The Kier molecular flexibility index (Phi) is 9.90. The smallest absolute Gasteiger partial charge is 0.191 e. The van der Waals surface area contributed by atoms with Crippen LogP contribution in [0.15, 0.2) is 23.2 Å². The van der Waals surface area contributed by atoms with Crippen LogP contribution in [-0.4, -0.2) is 32.3 Å². The molecule has 0 bridgehead atoms. The first-order valence-corrected chi connectivity index (χ1v) is 8.61. The summed E-state index contributed by atoms with van der Waals surface area (Å²) in [7, 11) is 1.66. The minimum absolute atomic E-state index is 0. The molecule has 0 aliphatic heterocycles. The third-order valence-corrected chi connectivity index (χ3v) is 3.99. The molecule has 0 atom stereocenters. The summed E-state index contributed by atoms with van der Waals surface area (Å²) in [6.07, 6.45) is 5.10. The van der Waals surface area contributed by atoms with Gasteiger partial charge in [-0.15, -0.1) is 24.0 Å². The molecule has 1 aliphatic rings. The van der Waals surface area contributed by atoms with Gasteiger partial charge in [-0.25, -0.2) is 4.99 Å². The minimum atomic E-state index is 0. The van der Waals surface area contributed by atoms with Crippen LogP contribution in [-0.2, 0) is 6.54 Å². The number of benzene rings is 1. The summed E-state index contributed by atoms with van der Waals surface area (Å²) < 4.78 is 10.9. The second kappa shape index (κ2) is 11.4. The van der Waals surface area contributed by atoms with E-state index in [4.69, 9.17) is 14.5 Å². The van der Waals surface area contributed by atoms with Gasteiger partial charge >= 0.3 is 0 Å². The SMILES string of the molecule is CCNC(=NCc1ccc(OC)c(OCC)c1)NC1CCCC1.I. The van der Waals surface area contributed by atoms with Gasteiger partial charge in [0, 0.05) is 12.6 Å². The van der Waals surface area contributed by atoms with Gasteiger partial charge in [-0.2, -0.15) is 0 Å². The van der Waals surface area contributed by atoms with Crippen molar-refractivity contribution in [1.82, 2.24) is 10.6 Å². The Morgan fingerprint density at radius 2 is 1.96 bits per heavy atom. The molecule has 1 fully saturated rings. The number of guanidine groups is 1. The van der Waals surface area contributed by atoms with Crippen molar-refractivity contribution in [2.75, 3.05) is 20.3 Å². The van der Waals surface area contributed by atoms with Gasteiger partial charge in [0.1, 0.15) is 0 Å². The van der Waals surface area contributed by atoms with E-state index in [9.17, 15) is 0 Å². The number of ether oxygens (including phenoxy) is 2. The maximum atomic E-state index is 5.63. The fraction of sp³-hybridized carbons (Fsp3) is 0.611. The maximum absolute atomic E-state index is 5.63. The number of hydrogen-bond acceptors (Lipinski definition) is 3. The summed E-state index contributed by atoms with van der Waals surface area (Å²) >= 11 is 0. The van der Waals surface area contributed by atoms with Crippen LogP contribution in [0, 0.1) is 0 Å². The minimum Gasteiger partial charge on any atom is -0.493 e. The Morgan fingerprint density at radius 3 is 2.58 bits per heavy atom. The number of hydrogen-bond donors (Lipinski definition) is 2. The lowest BCUT2D eigenvalue weighted by atomic mass is 10.2. The number of rotatable bonds is 7. The van der Waals surface area contributed by atoms with Crippen LogP contribution in [0.3, 0.4) is 0 Å². The highest BCUT2D eigenvalue weighted by Gasteiger charge is 2.15. The molecule has 24 heavy (non-hydrogen) atoms. The van der Waals surface area contributed by atoms with Crippen LogP contribution >= 0.6 is 24.0 Å². The molecular weight excluding hydrogens is 417 g/mol. The fourth-order valence-electron chi connectivity index (χ4n) is 2.84. The number of halogens is 1. The molecule has 136 valence electrons. The van der Waals surface area contributed by atoms with Gasteiger partial charge in [-0.1, -0.05) is 18.9 Å². The average molecular weight is 447 g/mol. The molecule has 1 aromatic rings. The van der Waals surface area contributed by atoms with E-state index in [2.05, 4.69) is 17.6 Å². The first-order valence-electron chi connectivity index (χ1n) is 8.61. The lowest BCUT2D eigenvalue weighted by Gasteiger charge is -2.16. The van der Waals surface area contributed by atoms with Crippen molar-refractivity contribution in [3.63, 3.8) is 0 Å². The Morgan fingerprint density at radius 1 is 1.21 bits per heavy atom. The molecule has 5 nitrogen and oxygen atoms in total. The molecule has 1 aliphatic carbocycles. The Labute approximate surface area is 162 Å². The highest BCUT2D eigenvalue weighted by molar-refractivity contribution is 14.0. The van der Waals surface area contributed by atoms with Gasteiger partial charge in [0.2, 0.25) is 0 Å². The van der Waals surface area contributed by atoms with Crippen LogP contribution in [0.2, 0.25) is 0 Å². The van der Waals surface area contributed by atoms with Crippen molar-refractivity contribution < 1.29 is 9.47 Å². The molecule has 2 N–H and O–H groups in total. The summed E-state index contributed by atoms with van der Waals surface area (Å²) in [6, 6.07) is 6.53. The molecule has 1 aromatic carbocycles. The summed E-state index contributed by atoms with van der Waals surface area (Å²) in [5.41, 5.74) is 1.11. The molecular formula is C18H30IN3O2. The molecule has 0 radical (unpaired) electrons. The Balaban J connectivity index is 0.00000288. The second-order valence-corrected chi connectivity index (χ2v) is 5.74. The zero-order chi connectivity index (χ0) is 16.5. The number of aliphatic imine (C=N–C) groups is 1. The largest absolute Gasteiger partial charge is 0.493 e. The molecule has 0 aromatic heterocycles. The van der Waals surface area contributed by atoms with E-state index in [1.165, 1.54) is 25.7 Å². The van der Waals surface area contributed by atoms with E-state index in [1.54, 1.807) is 7.11 Å². The number of nitrogens with zero attached hydrogens (tertiary/aromatic N) is 1. The molecule has 0 heterocycles. The summed E-state index contributed by atoms with van der Waals surface area (Å²) in [5.74, 6) is 2.43. The monoisotopic (exact) mass is 447 g/mol. The molecule has 2 rings (SSSR count).